The first-order chi connectivity index (χ1) is 30.1. The van der Waals surface area contributed by atoms with E-state index < -0.39 is 17.9 Å². The number of carbonyl (C=O) groups excluding carboxylic acids is 7. The number of ether oxygens (including phenoxy) is 1. The van der Waals surface area contributed by atoms with E-state index in [9.17, 15) is 48.6 Å². The Morgan fingerprint density at radius 2 is 0.729 bits per heavy atom. The topological polar surface area (TPSA) is 262 Å². The number of carboxylic acid groups (broad SMARTS) is 3. The Kier molecular flexibility index (Phi) is 63.6. The number of carboxylic acids is 3. The summed E-state index contributed by atoms with van der Waals surface area (Å²) in [5.41, 5.74) is 0. The fraction of sp³-hybridized carbons (Fsp3) is 0.680. The standard InChI is InChI=1S/C13H20O3.3C12H18O3.CH4O.2ClH.4Li.H2O/c1-3-4-5-6-11-10(7-8-12(11)14)9-13(15)16-2;3*1-2-3-4-5-10-9(8-12(14)15)6-7-11(10)13;1-2;;;;;;;/h4-5,10-11H,3,6-9H2,1-2H3;3*3-4,9-10H,2,5-8H2,1H3,(H,14,15);2H,1H3;2*1H;;;;;1H2/q;;;;;;;4*+1;/p-4/b5-4-;3*4-3-;;;;;;;;. The molecule has 4 rings (SSSR count). The molecule has 0 saturated heterocycles. The molecular formula is C50H78Cl2Li4O14. The van der Waals surface area contributed by atoms with Crippen molar-refractivity contribution in [1.29, 1.82) is 0 Å². The Hall–Kier alpha value is -1.59. The zero-order valence-corrected chi connectivity index (χ0v) is 45.6. The quantitative estimate of drug-likeness (QED) is 0.0653. The third-order valence-corrected chi connectivity index (χ3v) is 12.1. The number of aliphatic hydroxyl groups excluding tert-OH is 1. The molecule has 8 atom stereocenters. The third-order valence-electron chi connectivity index (χ3n) is 12.1. The van der Waals surface area contributed by atoms with Crippen molar-refractivity contribution in [2.45, 2.75) is 156 Å². The molecule has 0 aromatic heterocycles. The zero-order valence-electron chi connectivity index (χ0n) is 44.0. The number of ketones is 4. The number of halogens is 2. The van der Waals surface area contributed by atoms with Crippen molar-refractivity contribution in [2.24, 2.45) is 47.3 Å². The van der Waals surface area contributed by atoms with Crippen LogP contribution in [0.1, 0.15) is 156 Å². The molecule has 0 amide bonds. The molecule has 4 fully saturated rings. The molecule has 0 aromatic carbocycles. The Balaban J connectivity index is -0.000000117. The third kappa shape index (κ3) is 36.4. The molecule has 4 aliphatic rings. The van der Waals surface area contributed by atoms with E-state index in [0.29, 0.717) is 70.0 Å². The van der Waals surface area contributed by atoms with Crippen LogP contribution in [0.5, 0.6) is 0 Å². The summed E-state index contributed by atoms with van der Waals surface area (Å²) in [7, 11) is 2.39. The van der Waals surface area contributed by atoms with Gasteiger partial charge in [-0.1, -0.05) is 76.3 Å². The van der Waals surface area contributed by atoms with E-state index >= 15 is 0 Å². The van der Waals surface area contributed by atoms with E-state index in [1.807, 2.05) is 57.2 Å². The molecule has 0 bridgehead atoms. The van der Waals surface area contributed by atoms with Gasteiger partial charge in [0.05, 0.1) is 7.11 Å². The first-order valence-corrected chi connectivity index (χ1v) is 23.0. The van der Waals surface area contributed by atoms with Crippen molar-refractivity contribution in [3.63, 3.8) is 0 Å². The van der Waals surface area contributed by atoms with Gasteiger partial charge in [0, 0.05) is 81.2 Å². The zero-order chi connectivity index (χ0) is 47.7. The summed E-state index contributed by atoms with van der Waals surface area (Å²) < 4.78 is 4.65. The number of hydrogen-bond donors (Lipinski definition) is 2. The normalized spacial score (nSPS) is 22.8. The van der Waals surface area contributed by atoms with Crippen molar-refractivity contribution < 1.29 is 157 Å². The summed E-state index contributed by atoms with van der Waals surface area (Å²) in [5.74, 6) is -2.12. The Morgan fingerprint density at radius 1 is 0.500 bits per heavy atom. The van der Waals surface area contributed by atoms with Gasteiger partial charge in [-0.3, -0.25) is 28.8 Å². The second-order valence-electron chi connectivity index (χ2n) is 16.5. The molecule has 0 heterocycles. The maximum Gasteiger partial charge on any atom is 1.00 e. The average Bonchev–Trinajstić information content (AvgIpc) is 3.99. The van der Waals surface area contributed by atoms with Gasteiger partial charge in [-0.25, -0.2) is 0 Å². The molecule has 380 valence electrons. The van der Waals surface area contributed by atoms with Crippen LogP contribution < -0.4 is 98.1 Å². The van der Waals surface area contributed by atoms with E-state index in [0.717, 1.165) is 52.1 Å². The fourth-order valence-corrected chi connectivity index (χ4v) is 8.77. The number of allylic oxidation sites excluding steroid dienone is 8. The fourth-order valence-electron chi connectivity index (χ4n) is 8.77. The molecule has 0 aromatic rings. The number of Topliss-reactive ketones (excluding diaryl/α,β-unsaturated/α-hetero) is 4. The Morgan fingerprint density at radius 3 is 0.929 bits per heavy atom. The van der Waals surface area contributed by atoms with E-state index in [2.05, 4.69) is 23.8 Å². The van der Waals surface area contributed by atoms with Crippen LogP contribution in [0.15, 0.2) is 48.6 Å². The summed E-state index contributed by atoms with van der Waals surface area (Å²) >= 11 is 0. The van der Waals surface area contributed by atoms with Gasteiger partial charge >= 0.3 is 87.4 Å². The molecule has 14 nitrogen and oxygen atoms in total. The molecule has 4 aliphatic carbocycles. The van der Waals surface area contributed by atoms with Gasteiger partial charge < -0.3 is 52.6 Å². The van der Waals surface area contributed by atoms with Crippen LogP contribution in [0.3, 0.4) is 0 Å². The minimum Gasteiger partial charge on any atom is -1.00 e. The van der Waals surface area contributed by atoms with Crippen LogP contribution >= 0.6 is 12.4 Å². The predicted octanol–water partition coefficient (Wildman–Crippen LogP) is -8.06. The molecule has 4 saturated carbocycles. The van der Waals surface area contributed by atoms with Crippen LogP contribution in [-0.2, 0) is 43.1 Å². The number of hydrogen-bond acceptors (Lipinski definition) is 13. The van der Waals surface area contributed by atoms with Gasteiger partial charge in [-0.15, -0.1) is 12.4 Å². The minimum atomic E-state index is -1.04. The van der Waals surface area contributed by atoms with E-state index in [-0.39, 0.29) is 196 Å². The van der Waals surface area contributed by atoms with Gasteiger partial charge in [0.15, 0.2) is 0 Å². The number of carbonyl (C=O) groups is 8. The van der Waals surface area contributed by atoms with Crippen molar-refractivity contribution in [2.75, 3.05) is 14.2 Å². The number of aliphatic hydroxyl groups is 1. The average molecular weight is 1000 g/mol. The summed E-state index contributed by atoms with van der Waals surface area (Å²) in [6.07, 6.45) is 28.7. The van der Waals surface area contributed by atoms with Gasteiger partial charge in [-0.05, 0) is 114 Å². The first-order valence-electron chi connectivity index (χ1n) is 23.0. The molecule has 70 heavy (non-hydrogen) atoms. The van der Waals surface area contributed by atoms with Gasteiger partial charge in [0.2, 0.25) is 0 Å². The van der Waals surface area contributed by atoms with Crippen LogP contribution in [0.25, 0.3) is 0 Å². The predicted molar refractivity (Wildman–Crippen MR) is 247 cm³/mol. The monoisotopic (exact) mass is 1000 g/mol. The number of esters is 1. The molecular weight excluding hydrogens is 923 g/mol. The summed E-state index contributed by atoms with van der Waals surface area (Å²) in [4.78, 5) is 89.0. The van der Waals surface area contributed by atoms with Gasteiger partial charge in [-0.2, -0.15) is 0 Å². The summed E-state index contributed by atoms with van der Waals surface area (Å²) in [5, 5.41) is 36.7. The van der Waals surface area contributed by atoms with Crippen LogP contribution in [0, 0.1) is 47.3 Å². The number of methoxy groups -OCH3 is 1. The molecule has 8 unspecified atom stereocenters. The molecule has 0 spiro atoms. The van der Waals surface area contributed by atoms with Crippen LogP contribution in [0.4, 0.5) is 0 Å². The second kappa shape index (κ2) is 52.3. The SMILES string of the molecule is CC/C=C\CC1C(=O)CCC1CC(=O)O.CC/C=C\CC1C(=O)CCC1CC(=O)OC.CC/C=C\CC1C(=O)CCC1CC(=O)[O-].CC/C=C\CC1C(=O)CCC1CC(=O)[O-].CO.Cl.[Cl-].[Li+].[Li+].[Li+].[Li+].[OH-]. The minimum absolute atomic E-state index is 0. The molecule has 3 N–H and O–H groups in total. The maximum absolute atomic E-state index is 11.7. The largest absolute Gasteiger partial charge is 1.00 e. The molecule has 20 heteroatoms. The van der Waals surface area contributed by atoms with Crippen molar-refractivity contribution in [3.05, 3.63) is 48.6 Å². The van der Waals surface area contributed by atoms with E-state index in [1.54, 1.807) is 0 Å². The number of aliphatic carboxylic acids is 3. The molecule has 0 radical (unpaired) electrons. The number of rotatable bonds is 20. The van der Waals surface area contributed by atoms with Crippen molar-refractivity contribution >= 4 is 59.4 Å². The van der Waals surface area contributed by atoms with E-state index in [4.69, 9.17) is 10.2 Å². The smallest absolute Gasteiger partial charge is 1.00 e. The van der Waals surface area contributed by atoms with Crippen molar-refractivity contribution in [1.82, 2.24) is 0 Å². The van der Waals surface area contributed by atoms with Crippen LogP contribution in [-0.4, -0.2) is 76.9 Å². The maximum atomic E-state index is 11.7. The van der Waals surface area contributed by atoms with Gasteiger partial charge in [0.25, 0.3) is 0 Å². The van der Waals surface area contributed by atoms with Crippen molar-refractivity contribution in [3.8, 4) is 0 Å². The Labute approximate surface area is 478 Å². The van der Waals surface area contributed by atoms with Crippen LogP contribution in [0.2, 0.25) is 0 Å². The first kappa shape index (κ1) is 85.2. The Bertz CT molecular complexity index is 1440. The van der Waals surface area contributed by atoms with Gasteiger partial charge in [0.1, 0.15) is 23.1 Å². The summed E-state index contributed by atoms with van der Waals surface area (Å²) in [6, 6.07) is 0. The second-order valence-corrected chi connectivity index (χ2v) is 16.5. The summed E-state index contributed by atoms with van der Waals surface area (Å²) in [6.45, 7) is 8.18. The van der Waals surface area contributed by atoms with E-state index in [1.165, 1.54) is 7.11 Å². The molecule has 0 aliphatic heterocycles.